The molecule has 1 nitrogen and oxygen atoms in total. The first-order valence-corrected chi connectivity index (χ1v) is 6.71. The maximum atomic E-state index is 12.4. The minimum Gasteiger partial charge on any atom is -0.293 e. The Morgan fingerprint density at radius 2 is 1.69 bits per heavy atom. The third-order valence-corrected chi connectivity index (χ3v) is 4.52. The third kappa shape index (κ3) is 2.37. The highest BCUT2D eigenvalue weighted by Gasteiger charge is 2.36. The van der Waals surface area contributed by atoms with Crippen molar-refractivity contribution in [3.63, 3.8) is 0 Å². The molecule has 0 N–H and O–H groups in total. The smallest absolute Gasteiger partial charge is 0.179 e. The van der Waals surface area contributed by atoms with Crippen LogP contribution in [-0.2, 0) is 0 Å². The number of ketones is 1. The van der Waals surface area contributed by atoms with Crippen molar-refractivity contribution in [1.82, 2.24) is 0 Å². The van der Waals surface area contributed by atoms with Crippen molar-refractivity contribution in [2.45, 2.75) is 43.4 Å². The van der Waals surface area contributed by atoms with Gasteiger partial charge in [0.05, 0.1) is 4.32 Å². The summed E-state index contributed by atoms with van der Waals surface area (Å²) in [5.41, 5.74) is 2.04. The summed E-state index contributed by atoms with van der Waals surface area (Å²) in [5.74, 6) is 0.257. The van der Waals surface area contributed by atoms with Crippen LogP contribution in [0.15, 0.2) is 24.3 Å². The Morgan fingerprint density at radius 3 is 2.25 bits per heavy atom. The first-order chi connectivity index (χ1) is 7.62. The lowest BCUT2D eigenvalue weighted by atomic mass is 9.83. The molecule has 0 radical (unpaired) electrons. The van der Waals surface area contributed by atoms with Crippen LogP contribution in [0.4, 0.5) is 0 Å². The van der Waals surface area contributed by atoms with Gasteiger partial charge in [-0.1, -0.05) is 65.0 Å². The summed E-state index contributed by atoms with van der Waals surface area (Å²) in [6.07, 6.45) is 5.51. The molecule has 0 heterocycles. The van der Waals surface area contributed by atoms with E-state index in [4.69, 9.17) is 0 Å². The van der Waals surface area contributed by atoms with Gasteiger partial charge in [-0.25, -0.2) is 0 Å². The summed E-state index contributed by atoms with van der Waals surface area (Å²) in [6.45, 7) is 2.04. The molecule has 1 aliphatic rings. The molecule has 0 atom stereocenters. The van der Waals surface area contributed by atoms with Crippen LogP contribution in [0.1, 0.15) is 48.0 Å². The van der Waals surface area contributed by atoms with E-state index in [1.165, 1.54) is 12.0 Å². The van der Waals surface area contributed by atoms with Gasteiger partial charge in [0.15, 0.2) is 5.78 Å². The highest BCUT2D eigenvalue weighted by molar-refractivity contribution is 9.10. The molecule has 1 aromatic rings. The van der Waals surface area contributed by atoms with E-state index in [0.29, 0.717) is 0 Å². The van der Waals surface area contributed by atoms with Gasteiger partial charge in [-0.05, 0) is 19.8 Å². The van der Waals surface area contributed by atoms with E-state index in [1.54, 1.807) is 0 Å². The average Bonchev–Trinajstić information content (AvgIpc) is 2.30. The summed E-state index contributed by atoms with van der Waals surface area (Å²) >= 11 is 3.67. The van der Waals surface area contributed by atoms with E-state index >= 15 is 0 Å². The van der Waals surface area contributed by atoms with Crippen molar-refractivity contribution in [3.05, 3.63) is 35.4 Å². The molecule has 2 rings (SSSR count). The predicted molar refractivity (Wildman–Crippen MR) is 70.3 cm³/mol. The Kier molecular flexibility index (Phi) is 3.48. The Hall–Kier alpha value is -0.630. The number of carbonyl (C=O) groups is 1. The molecule has 1 saturated carbocycles. The zero-order valence-corrected chi connectivity index (χ0v) is 11.2. The molecule has 0 aromatic heterocycles. The lowest BCUT2D eigenvalue weighted by Crippen LogP contribution is -2.34. The number of Topliss-reactive ketones (excluding diaryl/α,β-unsaturated/α-hetero) is 1. The van der Waals surface area contributed by atoms with E-state index in [-0.39, 0.29) is 10.1 Å². The van der Waals surface area contributed by atoms with Gasteiger partial charge in [0.25, 0.3) is 0 Å². The van der Waals surface area contributed by atoms with Gasteiger partial charge in [0.1, 0.15) is 0 Å². The number of aryl methyl sites for hydroxylation is 1. The first kappa shape index (κ1) is 11.8. The first-order valence-electron chi connectivity index (χ1n) is 5.92. The van der Waals surface area contributed by atoms with Crippen molar-refractivity contribution in [3.8, 4) is 0 Å². The number of halogens is 1. The molecule has 86 valence electrons. The van der Waals surface area contributed by atoms with Gasteiger partial charge in [0.2, 0.25) is 0 Å². The minimum atomic E-state index is -0.291. The van der Waals surface area contributed by atoms with E-state index in [9.17, 15) is 4.79 Å². The second-order valence-electron chi connectivity index (χ2n) is 4.72. The zero-order chi connectivity index (χ0) is 11.6. The van der Waals surface area contributed by atoms with Gasteiger partial charge in [-0.2, -0.15) is 0 Å². The molecule has 2 heteroatoms. The van der Waals surface area contributed by atoms with Crippen LogP contribution in [0.2, 0.25) is 0 Å². The van der Waals surface area contributed by atoms with Crippen LogP contribution in [0.25, 0.3) is 0 Å². The van der Waals surface area contributed by atoms with Crippen LogP contribution < -0.4 is 0 Å². The molecule has 16 heavy (non-hydrogen) atoms. The number of hydrogen-bond donors (Lipinski definition) is 0. The highest BCUT2D eigenvalue weighted by Crippen LogP contribution is 2.38. The molecule has 1 aromatic carbocycles. The van der Waals surface area contributed by atoms with Crippen molar-refractivity contribution in [2.75, 3.05) is 0 Å². The fraction of sp³-hybridized carbons (Fsp3) is 0.500. The SMILES string of the molecule is Cc1ccc(C(=O)C2(Br)CCCCC2)cc1. The topological polar surface area (TPSA) is 17.1 Å². The van der Waals surface area contributed by atoms with Crippen molar-refractivity contribution in [1.29, 1.82) is 0 Å². The Bertz CT molecular complexity index is 374. The Morgan fingerprint density at radius 1 is 1.12 bits per heavy atom. The minimum absolute atomic E-state index is 0.257. The maximum Gasteiger partial charge on any atom is 0.179 e. The number of rotatable bonds is 2. The van der Waals surface area contributed by atoms with E-state index < -0.39 is 0 Å². The lowest BCUT2D eigenvalue weighted by molar-refractivity contribution is 0.0923. The third-order valence-electron chi connectivity index (χ3n) is 3.37. The number of carbonyl (C=O) groups excluding carboxylic acids is 1. The molecule has 0 bridgehead atoms. The zero-order valence-electron chi connectivity index (χ0n) is 9.63. The fourth-order valence-electron chi connectivity index (χ4n) is 2.30. The van der Waals surface area contributed by atoms with Gasteiger partial charge in [-0.3, -0.25) is 4.79 Å². The Labute approximate surface area is 105 Å². The van der Waals surface area contributed by atoms with Crippen molar-refractivity contribution in [2.24, 2.45) is 0 Å². The highest BCUT2D eigenvalue weighted by atomic mass is 79.9. The fourth-order valence-corrected chi connectivity index (χ4v) is 3.09. The molecule has 0 amide bonds. The molecular formula is C14H17BrO. The summed E-state index contributed by atoms with van der Waals surface area (Å²) in [5, 5.41) is 0. The van der Waals surface area contributed by atoms with Gasteiger partial charge >= 0.3 is 0 Å². The molecule has 0 aliphatic heterocycles. The van der Waals surface area contributed by atoms with Crippen LogP contribution in [0.3, 0.4) is 0 Å². The Balaban J connectivity index is 2.20. The van der Waals surface area contributed by atoms with E-state index in [2.05, 4.69) is 15.9 Å². The summed E-state index contributed by atoms with van der Waals surface area (Å²) in [6, 6.07) is 7.89. The maximum absolute atomic E-state index is 12.4. The predicted octanol–water partition coefficient (Wildman–Crippen LogP) is 4.28. The molecule has 1 fully saturated rings. The van der Waals surface area contributed by atoms with Crippen LogP contribution >= 0.6 is 15.9 Å². The molecule has 0 unspecified atom stereocenters. The number of hydrogen-bond acceptors (Lipinski definition) is 1. The summed E-state index contributed by atoms with van der Waals surface area (Å²) in [7, 11) is 0. The van der Waals surface area contributed by atoms with Crippen molar-refractivity contribution >= 4 is 21.7 Å². The van der Waals surface area contributed by atoms with Crippen LogP contribution in [-0.4, -0.2) is 10.1 Å². The van der Waals surface area contributed by atoms with Gasteiger partial charge < -0.3 is 0 Å². The quantitative estimate of drug-likeness (QED) is 0.584. The number of alkyl halides is 1. The standard InChI is InChI=1S/C14H17BrO/c1-11-5-7-12(8-6-11)13(16)14(15)9-3-2-4-10-14/h5-8H,2-4,9-10H2,1H3. The molecular weight excluding hydrogens is 264 g/mol. The summed E-state index contributed by atoms with van der Waals surface area (Å²) in [4.78, 5) is 12.4. The van der Waals surface area contributed by atoms with Gasteiger partial charge in [0, 0.05) is 5.56 Å². The molecule has 1 aliphatic carbocycles. The second-order valence-corrected chi connectivity index (χ2v) is 6.24. The number of benzene rings is 1. The molecule has 0 saturated heterocycles. The average molecular weight is 281 g/mol. The van der Waals surface area contributed by atoms with Crippen molar-refractivity contribution < 1.29 is 4.79 Å². The largest absolute Gasteiger partial charge is 0.293 e. The van der Waals surface area contributed by atoms with E-state index in [1.807, 2.05) is 31.2 Å². The van der Waals surface area contributed by atoms with Crippen LogP contribution in [0.5, 0.6) is 0 Å². The second kappa shape index (κ2) is 4.70. The summed E-state index contributed by atoms with van der Waals surface area (Å²) < 4.78 is -0.291. The normalized spacial score (nSPS) is 19.4. The monoisotopic (exact) mass is 280 g/mol. The van der Waals surface area contributed by atoms with E-state index in [0.717, 1.165) is 31.2 Å². The van der Waals surface area contributed by atoms with Crippen LogP contribution in [0, 0.1) is 6.92 Å². The molecule has 0 spiro atoms. The van der Waals surface area contributed by atoms with Gasteiger partial charge in [-0.15, -0.1) is 0 Å². The lowest BCUT2D eigenvalue weighted by Gasteiger charge is -2.30.